The summed E-state index contributed by atoms with van der Waals surface area (Å²) in [7, 11) is 0. The number of nitrogens with one attached hydrogen (secondary N) is 1. The number of hydrogen-bond acceptors (Lipinski definition) is 3. The monoisotopic (exact) mass is 340 g/mol. The van der Waals surface area contributed by atoms with Gasteiger partial charge in [0.05, 0.1) is 6.54 Å². The van der Waals surface area contributed by atoms with Crippen molar-refractivity contribution in [1.29, 1.82) is 0 Å². The van der Waals surface area contributed by atoms with E-state index >= 15 is 0 Å². The molecule has 0 amide bonds. The van der Waals surface area contributed by atoms with Gasteiger partial charge in [-0.25, -0.2) is 4.39 Å². The van der Waals surface area contributed by atoms with Gasteiger partial charge in [0.15, 0.2) is 0 Å². The average molecular weight is 341 g/mol. The standard InChI is InChI=1S/C17H22ClFN2O2/c18-13-4-3-12(16(19)5-13)8-20-14-6-15(7-14)21(10-17(22)23)9-11-1-2-11/h3-5,11,14-15,20H,1-2,6-10H2,(H,22,23). The first-order valence-electron chi connectivity index (χ1n) is 8.14. The summed E-state index contributed by atoms with van der Waals surface area (Å²) in [4.78, 5) is 13.1. The minimum absolute atomic E-state index is 0.125. The summed E-state index contributed by atoms with van der Waals surface area (Å²) in [5.41, 5.74) is 0.609. The van der Waals surface area contributed by atoms with E-state index in [0.717, 1.165) is 19.4 Å². The van der Waals surface area contributed by atoms with Crippen LogP contribution in [0.15, 0.2) is 18.2 Å². The average Bonchev–Trinajstić information content (AvgIpc) is 3.22. The molecule has 1 aromatic rings. The minimum atomic E-state index is -0.759. The van der Waals surface area contributed by atoms with Crippen molar-refractivity contribution in [2.75, 3.05) is 13.1 Å². The van der Waals surface area contributed by atoms with Crippen molar-refractivity contribution in [1.82, 2.24) is 10.2 Å². The topological polar surface area (TPSA) is 52.6 Å². The highest BCUT2D eigenvalue weighted by molar-refractivity contribution is 6.30. The van der Waals surface area contributed by atoms with Crippen LogP contribution >= 0.6 is 11.6 Å². The van der Waals surface area contributed by atoms with E-state index in [-0.39, 0.29) is 12.4 Å². The molecule has 0 atom stereocenters. The normalized spacial score (nSPS) is 23.8. The first kappa shape index (κ1) is 16.7. The maximum atomic E-state index is 13.7. The van der Waals surface area contributed by atoms with E-state index in [1.54, 1.807) is 12.1 Å². The van der Waals surface area contributed by atoms with Gasteiger partial charge in [0.1, 0.15) is 5.82 Å². The number of rotatable bonds is 8. The van der Waals surface area contributed by atoms with Crippen LogP contribution in [0, 0.1) is 11.7 Å². The summed E-state index contributed by atoms with van der Waals surface area (Å²) in [6, 6.07) is 5.37. The van der Waals surface area contributed by atoms with E-state index in [4.69, 9.17) is 16.7 Å². The second-order valence-corrected chi connectivity index (χ2v) is 7.14. The number of carboxylic acids is 1. The third-order valence-electron chi connectivity index (χ3n) is 4.75. The van der Waals surface area contributed by atoms with Crippen molar-refractivity contribution in [2.24, 2.45) is 5.92 Å². The molecule has 3 rings (SSSR count). The SMILES string of the molecule is O=C(O)CN(CC1CC1)C1CC(NCc2ccc(Cl)cc2F)C1. The van der Waals surface area contributed by atoms with Crippen LogP contribution in [0.2, 0.25) is 5.02 Å². The Bertz CT molecular complexity index is 574. The Morgan fingerprint density at radius 3 is 2.74 bits per heavy atom. The van der Waals surface area contributed by atoms with Crippen LogP contribution in [0.4, 0.5) is 4.39 Å². The molecule has 0 radical (unpaired) electrons. The molecule has 126 valence electrons. The van der Waals surface area contributed by atoms with Gasteiger partial charge in [-0.1, -0.05) is 17.7 Å². The predicted octanol–water partition coefficient (Wildman–Crippen LogP) is 2.90. The van der Waals surface area contributed by atoms with Crippen molar-refractivity contribution in [3.8, 4) is 0 Å². The van der Waals surface area contributed by atoms with Gasteiger partial charge in [0.2, 0.25) is 0 Å². The van der Waals surface area contributed by atoms with Gasteiger partial charge in [0, 0.05) is 35.8 Å². The Morgan fingerprint density at radius 1 is 1.39 bits per heavy atom. The first-order chi connectivity index (χ1) is 11.0. The molecule has 6 heteroatoms. The van der Waals surface area contributed by atoms with Crippen LogP contribution in [0.5, 0.6) is 0 Å². The Labute approximate surface area is 140 Å². The van der Waals surface area contributed by atoms with Crippen molar-refractivity contribution < 1.29 is 14.3 Å². The van der Waals surface area contributed by atoms with Crippen LogP contribution in [0.1, 0.15) is 31.2 Å². The number of nitrogens with zero attached hydrogens (tertiary/aromatic N) is 1. The van der Waals surface area contributed by atoms with E-state index in [9.17, 15) is 9.18 Å². The smallest absolute Gasteiger partial charge is 0.317 e. The third kappa shape index (κ3) is 4.66. The van der Waals surface area contributed by atoms with Gasteiger partial charge in [0.25, 0.3) is 0 Å². The zero-order valence-corrected chi connectivity index (χ0v) is 13.7. The maximum Gasteiger partial charge on any atom is 0.317 e. The summed E-state index contributed by atoms with van der Waals surface area (Å²) in [5, 5.41) is 12.8. The summed E-state index contributed by atoms with van der Waals surface area (Å²) in [6.07, 6.45) is 4.30. The van der Waals surface area contributed by atoms with Gasteiger partial charge < -0.3 is 10.4 Å². The Hall–Kier alpha value is -1.17. The lowest BCUT2D eigenvalue weighted by molar-refractivity contribution is -0.139. The predicted molar refractivity (Wildman–Crippen MR) is 87.0 cm³/mol. The molecule has 2 saturated carbocycles. The van der Waals surface area contributed by atoms with E-state index in [1.165, 1.54) is 18.9 Å². The molecule has 0 spiro atoms. The number of carboxylic acid groups (broad SMARTS) is 1. The minimum Gasteiger partial charge on any atom is -0.480 e. The molecule has 0 heterocycles. The lowest BCUT2D eigenvalue weighted by Crippen LogP contribution is -2.54. The zero-order chi connectivity index (χ0) is 16.4. The maximum absolute atomic E-state index is 13.7. The van der Waals surface area contributed by atoms with Crippen LogP contribution in [0.3, 0.4) is 0 Å². The highest BCUT2D eigenvalue weighted by Gasteiger charge is 2.36. The zero-order valence-electron chi connectivity index (χ0n) is 13.0. The Kier molecular flexibility index (Phi) is 5.19. The molecule has 2 N–H and O–H groups in total. The molecule has 23 heavy (non-hydrogen) atoms. The molecule has 2 aliphatic rings. The second kappa shape index (κ2) is 7.16. The molecule has 0 aliphatic heterocycles. The van der Waals surface area contributed by atoms with Crippen LogP contribution < -0.4 is 5.32 Å². The van der Waals surface area contributed by atoms with Crippen molar-refractivity contribution in [3.63, 3.8) is 0 Å². The summed E-state index contributed by atoms with van der Waals surface area (Å²) < 4.78 is 13.7. The molecule has 0 saturated heterocycles. The second-order valence-electron chi connectivity index (χ2n) is 6.71. The molecule has 2 fully saturated rings. The number of benzene rings is 1. The Morgan fingerprint density at radius 2 is 2.13 bits per heavy atom. The summed E-state index contributed by atoms with van der Waals surface area (Å²) in [6.45, 7) is 1.50. The summed E-state index contributed by atoms with van der Waals surface area (Å²) >= 11 is 5.75. The van der Waals surface area contributed by atoms with Gasteiger partial charge in [-0.05, 0) is 43.7 Å². The fourth-order valence-corrected chi connectivity index (χ4v) is 3.28. The largest absolute Gasteiger partial charge is 0.480 e. The van der Waals surface area contributed by atoms with Crippen molar-refractivity contribution in [2.45, 2.75) is 44.3 Å². The molecule has 2 aliphatic carbocycles. The molecule has 0 bridgehead atoms. The lowest BCUT2D eigenvalue weighted by atomic mass is 9.85. The van der Waals surface area contributed by atoms with E-state index in [2.05, 4.69) is 10.2 Å². The first-order valence-corrected chi connectivity index (χ1v) is 8.52. The number of carbonyl (C=O) groups is 1. The van der Waals surface area contributed by atoms with Crippen LogP contribution in [-0.4, -0.2) is 41.1 Å². The molecular weight excluding hydrogens is 319 g/mol. The van der Waals surface area contributed by atoms with Crippen LogP contribution in [-0.2, 0) is 11.3 Å². The van der Waals surface area contributed by atoms with Gasteiger partial charge in [-0.2, -0.15) is 0 Å². The third-order valence-corrected chi connectivity index (χ3v) is 4.99. The quantitative estimate of drug-likeness (QED) is 0.764. The highest BCUT2D eigenvalue weighted by atomic mass is 35.5. The fourth-order valence-electron chi connectivity index (χ4n) is 3.12. The van der Waals surface area contributed by atoms with Gasteiger partial charge >= 0.3 is 5.97 Å². The van der Waals surface area contributed by atoms with Gasteiger partial charge in [-0.3, -0.25) is 9.69 Å². The number of hydrogen-bond donors (Lipinski definition) is 2. The van der Waals surface area contributed by atoms with Crippen molar-refractivity contribution >= 4 is 17.6 Å². The molecule has 4 nitrogen and oxygen atoms in total. The van der Waals surface area contributed by atoms with Crippen LogP contribution in [0.25, 0.3) is 0 Å². The Balaban J connectivity index is 1.44. The molecular formula is C17H22ClFN2O2. The summed E-state index contributed by atoms with van der Waals surface area (Å²) in [5.74, 6) is -0.364. The van der Waals surface area contributed by atoms with Gasteiger partial charge in [-0.15, -0.1) is 0 Å². The van der Waals surface area contributed by atoms with E-state index in [0.29, 0.717) is 35.1 Å². The fraction of sp³-hybridized carbons (Fsp3) is 0.588. The number of aliphatic carboxylic acids is 1. The van der Waals surface area contributed by atoms with E-state index in [1.807, 2.05) is 0 Å². The number of halogens is 2. The van der Waals surface area contributed by atoms with Crippen molar-refractivity contribution in [3.05, 3.63) is 34.6 Å². The molecule has 0 unspecified atom stereocenters. The van der Waals surface area contributed by atoms with E-state index < -0.39 is 5.97 Å². The lowest BCUT2D eigenvalue weighted by Gasteiger charge is -2.43. The molecule has 1 aromatic carbocycles. The molecule has 0 aromatic heterocycles. The highest BCUT2D eigenvalue weighted by Crippen LogP contribution is 2.33.